The highest BCUT2D eigenvalue weighted by molar-refractivity contribution is 6.31. The van der Waals surface area contributed by atoms with E-state index in [0.717, 1.165) is 16.5 Å². The van der Waals surface area contributed by atoms with E-state index in [1.165, 1.54) is 12.1 Å². The number of halogens is 1. The van der Waals surface area contributed by atoms with Crippen molar-refractivity contribution in [3.63, 3.8) is 0 Å². The Balaban J connectivity index is 1.77. The fraction of sp³-hybridized carbons (Fsp3) is 0.211. The predicted octanol–water partition coefficient (Wildman–Crippen LogP) is 4.44. The fourth-order valence-corrected chi connectivity index (χ4v) is 3.35. The molecule has 0 spiro atoms. The van der Waals surface area contributed by atoms with Crippen LogP contribution < -0.4 is 5.32 Å². The molecule has 0 saturated carbocycles. The Bertz CT molecular complexity index is 995. The Labute approximate surface area is 155 Å². The molecule has 0 fully saturated rings. The number of aromatic nitrogens is 1. The number of hydrogen-bond donors (Lipinski definition) is 2. The maximum Gasteiger partial charge on any atom is 0.270 e. The summed E-state index contributed by atoms with van der Waals surface area (Å²) in [7, 11) is 0. The van der Waals surface area contributed by atoms with Crippen molar-refractivity contribution >= 4 is 34.1 Å². The van der Waals surface area contributed by atoms with Crippen molar-refractivity contribution in [3.05, 3.63) is 74.9 Å². The number of nitro benzene ring substituents is 1. The number of rotatable bonds is 5. The van der Waals surface area contributed by atoms with Gasteiger partial charge in [0, 0.05) is 41.2 Å². The van der Waals surface area contributed by atoms with Gasteiger partial charge in [-0.3, -0.25) is 14.9 Å². The number of para-hydroxylation sites is 1. The van der Waals surface area contributed by atoms with Crippen LogP contribution in [0.1, 0.15) is 29.8 Å². The van der Waals surface area contributed by atoms with Crippen molar-refractivity contribution in [2.45, 2.75) is 19.3 Å². The molecule has 0 aliphatic heterocycles. The second kappa shape index (κ2) is 6.80. The maximum atomic E-state index is 12.6. The van der Waals surface area contributed by atoms with Crippen molar-refractivity contribution in [2.24, 2.45) is 0 Å². The van der Waals surface area contributed by atoms with Crippen LogP contribution in [-0.2, 0) is 5.41 Å². The number of H-pyrrole nitrogens is 1. The van der Waals surface area contributed by atoms with E-state index < -0.39 is 10.3 Å². The number of non-ortho nitro benzene ring substituents is 1. The molecule has 0 aliphatic carbocycles. The van der Waals surface area contributed by atoms with Gasteiger partial charge in [-0.25, -0.2) is 0 Å². The Morgan fingerprint density at radius 2 is 2.00 bits per heavy atom. The second-order valence-electron chi connectivity index (χ2n) is 6.74. The zero-order valence-electron chi connectivity index (χ0n) is 14.4. The smallest absolute Gasteiger partial charge is 0.270 e. The molecule has 0 bridgehead atoms. The number of carbonyl (C=O) groups excluding carboxylic acids is 1. The molecule has 0 atom stereocenters. The van der Waals surface area contributed by atoms with Gasteiger partial charge in [-0.05, 0) is 11.6 Å². The summed E-state index contributed by atoms with van der Waals surface area (Å²) in [5.41, 5.74) is 1.66. The molecule has 7 heteroatoms. The van der Waals surface area contributed by atoms with Gasteiger partial charge < -0.3 is 10.3 Å². The van der Waals surface area contributed by atoms with Crippen LogP contribution in [0, 0.1) is 10.1 Å². The number of carbonyl (C=O) groups is 1. The maximum absolute atomic E-state index is 12.6. The van der Waals surface area contributed by atoms with E-state index in [9.17, 15) is 14.9 Å². The number of hydrogen-bond acceptors (Lipinski definition) is 3. The first-order valence-electron chi connectivity index (χ1n) is 8.08. The quantitative estimate of drug-likeness (QED) is 0.513. The summed E-state index contributed by atoms with van der Waals surface area (Å²) >= 11 is 6.23. The molecule has 0 radical (unpaired) electrons. The van der Waals surface area contributed by atoms with Crippen molar-refractivity contribution < 1.29 is 9.72 Å². The lowest BCUT2D eigenvalue weighted by atomic mass is 9.84. The Kier molecular flexibility index (Phi) is 4.70. The van der Waals surface area contributed by atoms with Crippen LogP contribution in [0.25, 0.3) is 10.9 Å². The third-order valence-electron chi connectivity index (χ3n) is 4.42. The normalized spacial score (nSPS) is 11.5. The molecule has 134 valence electrons. The van der Waals surface area contributed by atoms with Gasteiger partial charge in [0.25, 0.3) is 11.6 Å². The van der Waals surface area contributed by atoms with E-state index in [0.29, 0.717) is 17.1 Å². The van der Waals surface area contributed by atoms with Gasteiger partial charge in [0.05, 0.1) is 15.5 Å². The first kappa shape index (κ1) is 17.9. The molecule has 26 heavy (non-hydrogen) atoms. The van der Waals surface area contributed by atoms with Crippen molar-refractivity contribution in [2.75, 3.05) is 6.54 Å². The van der Waals surface area contributed by atoms with E-state index in [4.69, 9.17) is 11.6 Å². The minimum Gasteiger partial charge on any atom is -0.360 e. The molecule has 1 amide bonds. The lowest BCUT2D eigenvalue weighted by Gasteiger charge is -2.26. The SMILES string of the molecule is CC(C)(CNC(=O)c1c[nH]c2ccccc12)c1ccc([N+](=O)[O-])cc1Cl. The number of nitrogens with zero attached hydrogens (tertiary/aromatic N) is 1. The first-order chi connectivity index (χ1) is 12.3. The molecule has 0 aliphatic rings. The van der Waals surface area contributed by atoms with Gasteiger partial charge in [0.15, 0.2) is 0 Å². The highest BCUT2D eigenvalue weighted by Gasteiger charge is 2.26. The number of benzene rings is 2. The molecule has 2 N–H and O–H groups in total. The first-order valence-corrected chi connectivity index (χ1v) is 8.46. The lowest BCUT2D eigenvalue weighted by molar-refractivity contribution is -0.384. The molecule has 2 aromatic carbocycles. The number of amides is 1. The zero-order valence-corrected chi connectivity index (χ0v) is 15.1. The number of aromatic amines is 1. The molecule has 0 saturated heterocycles. The van der Waals surface area contributed by atoms with Gasteiger partial charge in [-0.15, -0.1) is 0 Å². The van der Waals surface area contributed by atoms with E-state index in [1.807, 2.05) is 38.1 Å². The third-order valence-corrected chi connectivity index (χ3v) is 4.73. The van der Waals surface area contributed by atoms with Gasteiger partial charge in [-0.1, -0.05) is 49.7 Å². The highest BCUT2D eigenvalue weighted by Crippen LogP contribution is 2.32. The van der Waals surface area contributed by atoms with Gasteiger partial charge in [-0.2, -0.15) is 0 Å². The second-order valence-corrected chi connectivity index (χ2v) is 7.14. The molecule has 3 aromatic rings. The Morgan fingerprint density at radius 3 is 2.69 bits per heavy atom. The summed E-state index contributed by atoms with van der Waals surface area (Å²) < 4.78 is 0. The van der Waals surface area contributed by atoms with Crippen molar-refractivity contribution in [3.8, 4) is 0 Å². The van der Waals surface area contributed by atoms with E-state index in [-0.39, 0.29) is 11.6 Å². The summed E-state index contributed by atoms with van der Waals surface area (Å²) in [4.78, 5) is 26.0. The minimum atomic E-state index is -0.492. The molecule has 1 heterocycles. The molecule has 6 nitrogen and oxygen atoms in total. The van der Waals surface area contributed by atoms with Crippen LogP contribution >= 0.6 is 11.6 Å². The topological polar surface area (TPSA) is 88.0 Å². The monoisotopic (exact) mass is 371 g/mol. The third kappa shape index (κ3) is 3.41. The molecular weight excluding hydrogens is 354 g/mol. The summed E-state index contributed by atoms with van der Waals surface area (Å²) in [6.07, 6.45) is 1.69. The largest absolute Gasteiger partial charge is 0.360 e. The lowest BCUT2D eigenvalue weighted by Crippen LogP contribution is -2.36. The van der Waals surface area contributed by atoms with Gasteiger partial charge in [0.1, 0.15) is 0 Å². The standard InChI is InChI=1S/C19H18ClN3O3/c1-19(2,15-8-7-12(23(25)26)9-16(15)20)11-22-18(24)14-10-21-17-6-4-3-5-13(14)17/h3-10,21H,11H2,1-2H3,(H,22,24). The molecule has 1 aromatic heterocycles. The van der Waals surface area contributed by atoms with E-state index in [1.54, 1.807) is 12.3 Å². The number of nitrogens with one attached hydrogen (secondary N) is 2. The Hall–Kier alpha value is -2.86. The number of nitro groups is 1. The number of fused-ring (bicyclic) bond motifs is 1. The molecule has 3 rings (SSSR count). The van der Waals surface area contributed by atoms with Gasteiger partial charge in [0.2, 0.25) is 0 Å². The Morgan fingerprint density at radius 1 is 1.27 bits per heavy atom. The van der Waals surface area contributed by atoms with E-state index in [2.05, 4.69) is 10.3 Å². The minimum absolute atomic E-state index is 0.0580. The average molecular weight is 372 g/mol. The van der Waals surface area contributed by atoms with Crippen LogP contribution in [0.5, 0.6) is 0 Å². The fourth-order valence-electron chi connectivity index (χ4n) is 2.92. The summed E-state index contributed by atoms with van der Waals surface area (Å²) in [5.74, 6) is -0.187. The average Bonchev–Trinajstić information content (AvgIpc) is 3.03. The zero-order chi connectivity index (χ0) is 18.9. The van der Waals surface area contributed by atoms with E-state index >= 15 is 0 Å². The van der Waals surface area contributed by atoms with Crippen molar-refractivity contribution in [1.29, 1.82) is 0 Å². The predicted molar refractivity (Wildman–Crippen MR) is 102 cm³/mol. The van der Waals surface area contributed by atoms with Crippen LogP contribution in [0.4, 0.5) is 5.69 Å². The summed E-state index contributed by atoms with van der Waals surface area (Å²) in [6, 6.07) is 12.0. The van der Waals surface area contributed by atoms with Crippen LogP contribution in [0.2, 0.25) is 5.02 Å². The summed E-state index contributed by atoms with van der Waals surface area (Å²) in [5, 5.41) is 15.0. The molecular formula is C19H18ClN3O3. The highest BCUT2D eigenvalue weighted by atomic mass is 35.5. The van der Waals surface area contributed by atoms with Crippen LogP contribution in [0.15, 0.2) is 48.7 Å². The van der Waals surface area contributed by atoms with Crippen LogP contribution in [-0.4, -0.2) is 22.4 Å². The summed E-state index contributed by atoms with van der Waals surface area (Å²) in [6.45, 7) is 4.19. The van der Waals surface area contributed by atoms with Gasteiger partial charge >= 0.3 is 0 Å². The van der Waals surface area contributed by atoms with Crippen LogP contribution in [0.3, 0.4) is 0 Å². The van der Waals surface area contributed by atoms with Crippen molar-refractivity contribution in [1.82, 2.24) is 10.3 Å². The molecule has 0 unspecified atom stereocenters.